The summed E-state index contributed by atoms with van der Waals surface area (Å²) in [6.45, 7) is 9.69. The summed E-state index contributed by atoms with van der Waals surface area (Å²) in [5.41, 5.74) is 5.23. The van der Waals surface area contributed by atoms with Crippen molar-refractivity contribution in [2.75, 3.05) is 0 Å². The molecule has 0 N–H and O–H groups in total. The molecule has 0 saturated heterocycles. The Bertz CT molecular complexity index is 722. The molecule has 0 aliphatic carbocycles. The van der Waals surface area contributed by atoms with Gasteiger partial charge in [0.15, 0.2) is 0 Å². The number of hydrogen-bond donors (Lipinski definition) is 0. The van der Waals surface area contributed by atoms with E-state index in [1.54, 1.807) is 6.07 Å². The molecular weight excluding hydrogens is 279 g/mol. The van der Waals surface area contributed by atoms with E-state index in [4.69, 9.17) is 0 Å². The van der Waals surface area contributed by atoms with Crippen molar-refractivity contribution in [3.8, 4) is 0 Å². The molecule has 0 fully saturated rings. The zero-order valence-corrected chi connectivity index (χ0v) is 14.0. The van der Waals surface area contributed by atoms with Gasteiger partial charge in [0.1, 0.15) is 0 Å². The Morgan fingerprint density at radius 1 is 0.905 bits per heavy atom. The van der Waals surface area contributed by atoms with Crippen LogP contribution in [0.4, 0.5) is 0 Å². The second-order valence-corrected chi connectivity index (χ2v) is 7.07. The highest BCUT2D eigenvalue weighted by molar-refractivity contribution is 7.71. The molecule has 0 aliphatic rings. The maximum atomic E-state index is 12.7. The minimum Gasteiger partial charge on any atom is -0.234 e. The SMILES string of the molecule is Cc1cc(C)c(C(=O)[P+](=O)c2cccc(C)c2C)c(C)c1. The zero-order valence-electron chi connectivity index (χ0n) is 13.2. The molecule has 2 rings (SSSR count). The van der Waals surface area contributed by atoms with Gasteiger partial charge in [0.2, 0.25) is 5.30 Å². The summed E-state index contributed by atoms with van der Waals surface area (Å²) >= 11 is 0. The predicted molar refractivity (Wildman–Crippen MR) is 88.1 cm³/mol. The van der Waals surface area contributed by atoms with Crippen molar-refractivity contribution in [3.63, 3.8) is 0 Å². The molecule has 1 unspecified atom stereocenters. The first-order valence-electron chi connectivity index (χ1n) is 6.98. The lowest BCUT2D eigenvalue weighted by Gasteiger charge is -2.06. The summed E-state index contributed by atoms with van der Waals surface area (Å²) in [4.78, 5) is 12.7. The van der Waals surface area contributed by atoms with E-state index in [1.807, 2.05) is 58.9 Å². The van der Waals surface area contributed by atoms with Crippen molar-refractivity contribution in [2.24, 2.45) is 0 Å². The molecule has 0 aliphatic heterocycles. The van der Waals surface area contributed by atoms with Gasteiger partial charge in [-0.05, 0) is 57.4 Å². The molecule has 1 atom stereocenters. The highest BCUT2D eigenvalue weighted by atomic mass is 31.1. The first-order chi connectivity index (χ1) is 9.82. The molecule has 2 aromatic rings. The average molecular weight is 299 g/mol. The molecule has 0 amide bonds. The molecule has 2 nitrogen and oxygen atoms in total. The van der Waals surface area contributed by atoms with Gasteiger partial charge in [-0.2, -0.15) is 0 Å². The fourth-order valence-corrected chi connectivity index (χ4v) is 4.16. The van der Waals surface area contributed by atoms with Crippen molar-refractivity contribution in [3.05, 3.63) is 63.7 Å². The molecular formula is C18H20O2P+. The largest absolute Gasteiger partial charge is 0.458 e. The predicted octanol–water partition coefficient (Wildman–Crippen LogP) is 4.52. The standard InChI is InChI=1S/C18H20O2P/c1-11-9-13(3)17(14(4)10-11)18(19)21(20)16-8-6-7-12(2)15(16)5/h6-10H,1-5H3/q+1. The van der Waals surface area contributed by atoms with E-state index in [9.17, 15) is 9.36 Å². The Morgan fingerprint density at radius 3 is 2.05 bits per heavy atom. The number of carbonyl (C=O) groups excluding carboxylic acids is 1. The van der Waals surface area contributed by atoms with Gasteiger partial charge >= 0.3 is 13.3 Å². The van der Waals surface area contributed by atoms with Crippen LogP contribution in [-0.4, -0.2) is 5.52 Å². The van der Waals surface area contributed by atoms with Gasteiger partial charge in [0.05, 0.1) is 5.56 Å². The monoisotopic (exact) mass is 299 g/mol. The molecule has 108 valence electrons. The average Bonchev–Trinajstić information content (AvgIpc) is 2.39. The van der Waals surface area contributed by atoms with E-state index in [2.05, 4.69) is 0 Å². The molecule has 0 heterocycles. The topological polar surface area (TPSA) is 34.1 Å². The van der Waals surface area contributed by atoms with Gasteiger partial charge in [0, 0.05) is 5.56 Å². The van der Waals surface area contributed by atoms with Crippen LogP contribution in [-0.2, 0) is 4.57 Å². The van der Waals surface area contributed by atoms with E-state index in [0.717, 1.165) is 27.8 Å². The van der Waals surface area contributed by atoms with Crippen LogP contribution < -0.4 is 5.30 Å². The molecule has 3 heteroatoms. The number of carbonyl (C=O) groups is 1. The van der Waals surface area contributed by atoms with E-state index in [0.29, 0.717) is 10.9 Å². The lowest BCUT2D eigenvalue weighted by molar-refractivity contribution is 0.107. The first kappa shape index (κ1) is 15.6. The Hall–Kier alpha value is -1.79. The van der Waals surface area contributed by atoms with Gasteiger partial charge in [-0.3, -0.25) is 0 Å². The summed E-state index contributed by atoms with van der Waals surface area (Å²) in [5.74, 6) is 0. The number of rotatable bonds is 3. The van der Waals surface area contributed by atoms with Gasteiger partial charge in [0.25, 0.3) is 0 Å². The third kappa shape index (κ3) is 2.96. The molecule has 2 aromatic carbocycles. The lowest BCUT2D eigenvalue weighted by Crippen LogP contribution is -2.11. The second kappa shape index (κ2) is 5.91. The van der Waals surface area contributed by atoms with Crippen molar-refractivity contribution < 1.29 is 9.36 Å². The summed E-state index contributed by atoms with van der Waals surface area (Å²) in [7, 11) is -2.08. The minimum atomic E-state index is -2.08. The van der Waals surface area contributed by atoms with Crippen LogP contribution in [0, 0.1) is 34.6 Å². The minimum absolute atomic E-state index is 0.270. The Morgan fingerprint density at radius 2 is 1.48 bits per heavy atom. The van der Waals surface area contributed by atoms with Crippen molar-refractivity contribution in [2.45, 2.75) is 34.6 Å². The number of aryl methyl sites for hydroxylation is 4. The van der Waals surface area contributed by atoms with Gasteiger partial charge < -0.3 is 0 Å². The third-order valence-corrected chi connectivity index (χ3v) is 5.38. The molecule has 21 heavy (non-hydrogen) atoms. The Labute approximate surface area is 127 Å². The first-order valence-corrected chi connectivity index (χ1v) is 8.24. The summed E-state index contributed by atoms with van der Waals surface area (Å²) in [6.07, 6.45) is 0. The normalized spacial score (nSPS) is 11.4. The van der Waals surface area contributed by atoms with Gasteiger partial charge in [-0.1, -0.05) is 34.4 Å². The van der Waals surface area contributed by atoms with Crippen LogP contribution in [0.1, 0.15) is 38.2 Å². The van der Waals surface area contributed by atoms with Crippen LogP contribution in [0.3, 0.4) is 0 Å². The maximum Gasteiger partial charge on any atom is 0.458 e. The second-order valence-electron chi connectivity index (χ2n) is 5.59. The maximum absolute atomic E-state index is 12.7. The fourth-order valence-electron chi connectivity index (χ4n) is 2.68. The van der Waals surface area contributed by atoms with E-state index in [-0.39, 0.29) is 5.52 Å². The van der Waals surface area contributed by atoms with E-state index >= 15 is 0 Å². The molecule has 0 bridgehead atoms. The van der Waals surface area contributed by atoms with Gasteiger partial charge in [-0.15, -0.1) is 0 Å². The lowest BCUT2D eigenvalue weighted by atomic mass is 10.0. The van der Waals surface area contributed by atoms with Crippen LogP contribution in [0.25, 0.3) is 0 Å². The number of benzene rings is 2. The van der Waals surface area contributed by atoms with Gasteiger partial charge in [-0.25, -0.2) is 4.79 Å². The van der Waals surface area contributed by atoms with E-state index in [1.165, 1.54) is 0 Å². The summed E-state index contributed by atoms with van der Waals surface area (Å²) in [5, 5.41) is 0.648. The van der Waals surface area contributed by atoms with Crippen molar-refractivity contribution >= 4 is 18.6 Å². The Balaban J connectivity index is 2.50. The quantitative estimate of drug-likeness (QED) is 0.781. The van der Waals surface area contributed by atoms with Crippen LogP contribution in [0.5, 0.6) is 0 Å². The van der Waals surface area contributed by atoms with Crippen LogP contribution in [0.15, 0.2) is 30.3 Å². The molecule has 0 radical (unpaired) electrons. The third-order valence-electron chi connectivity index (χ3n) is 3.87. The fraction of sp³-hybridized carbons (Fsp3) is 0.278. The molecule has 0 aromatic heterocycles. The van der Waals surface area contributed by atoms with Crippen molar-refractivity contribution in [1.29, 1.82) is 0 Å². The smallest absolute Gasteiger partial charge is 0.234 e. The number of hydrogen-bond acceptors (Lipinski definition) is 2. The van der Waals surface area contributed by atoms with Crippen LogP contribution in [0.2, 0.25) is 0 Å². The van der Waals surface area contributed by atoms with Crippen molar-refractivity contribution in [1.82, 2.24) is 0 Å². The van der Waals surface area contributed by atoms with E-state index < -0.39 is 7.80 Å². The summed E-state index contributed by atoms with van der Waals surface area (Å²) < 4.78 is 12.7. The highest BCUT2D eigenvalue weighted by Crippen LogP contribution is 2.31. The van der Waals surface area contributed by atoms with Crippen LogP contribution >= 0.6 is 7.80 Å². The highest BCUT2D eigenvalue weighted by Gasteiger charge is 2.36. The Kier molecular flexibility index (Phi) is 4.39. The molecule has 0 saturated carbocycles. The zero-order chi connectivity index (χ0) is 15.7. The molecule has 0 spiro atoms. The summed E-state index contributed by atoms with van der Waals surface area (Å²) in [6, 6.07) is 9.54.